The Morgan fingerprint density at radius 3 is 2.61 bits per heavy atom. The molecule has 3 nitrogen and oxygen atoms in total. The summed E-state index contributed by atoms with van der Waals surface area (Å²) in [6.07, 6.45) is 7.65. The van der Waals surface area contributed by atoms with Crippen LogP contribution in [0.25, 0.3) is 0 Å². The topological polar surface area (TPSA) is 43.4 Å². The first kappa shape index (κ1) is 15.2. The highest BCUT2D eigenvalue weighted by Gasteiger charge is 2.30. The standard InChI is InChI=1S/C15H26O3/c1-3-18-15(17)9-7-5-4-6-8-13-12(2)10-11-14(13)16/h12-13H,3-11H2,1-2H3/t12-,13-/m0/s1. The number of ketones is 1. The van der Waals surface area contributed by atoms with E-state index in [4.69, 9.17) is 4.74 Å². The van der Waals surface area contributed by atoms with Crippen LogP contribution >= 0.6 is 0 Å². The molecular formula is C15H26O3. The van der Waals surface area contributed by atoms with Gasteiger partial charge in [-0.3, -0.25) is 9.59 Å². The fourth-order valence-electron chi connectivity index (χ4n) is 2.74. The minimum absolute atomic E-state index is 0.0860. The molecule has 104 valence electrons. The molecule has 0 bridgehead atoms. The number of Topliss-reactive ketones (excluding diaryl/α,β-unsaturated/α-hetero) is 1. The van der Waals surface area contributed by atoms with Crippen LogP contribution in [0.15, 0.2) is 0 Å². The lowest BCUT2D eigenvalue weighted by molar-refractivity contribution is -0.143. The van der Waals surface area contributed by atoms with Crippen LogP contribution in [0.5, 0.6) is 0 Å². The molecule has 0 aromatic rings. The number of hydrogen-bond acceptors (Lipinski definition) is 3. The lowest BCUT2D eigenvalue weighted by atomic mass is 9.91. The number of rotatable bonds is 8. The zero-order chi connectivity index (χ0) is 13.4. The van der Waals surface area contributed by atoms with Gasteiger partial charge >= 0.3 is 5.97 Å². The third kappa shape index (κ3) is 5.19. The molecule has 0 aromatic heterocycles. The van der Waals surface area contributed by atoms with Crippen LogP contribution in [0.3, 0.4) is 0 Å². The lowest BCUT2D eigenvalue weighted by Gasteiger charge is -2.13. The Bertz CT molecular complexity index is 273. The number of carbonyl (C=O) groups excluding carboxylic acids is 2. The van der Waals surface area contributed by atoms with E-state index in [1.807, 2.05) is 6.92 Å². The normalized spacial score (nSPS) is 23.3. The second-order valence-corrected chi connectivity index (χ2v) is 5.35. The van der Waals surface area contributed by atoms with Gasteiger partial charge in [0.05, 0.1) is 6.61 Å². The van der Waals surface area contributed by atoms with E-state index in [-0.39, 0.29) is 5.97 Å². The van der Waals surface area contributed by atoms with Crippen molar-refractivity contribution in [2.45, 2.75) is 65.2 Å². The molecule has 1 saturated carbocycles. The molecule has 1 aliphatic carbocycles. The first-order chi connectivity index (χ1) is 8.65. The number of carbonyl (C=O) groups is 2. The summed E-state index contributed by atoms with van der Waals surface area (Å²) >= 11 is 0. The SMILES string of the molecule is CCOC(=O)CCCCCC[C@@H]1C(=O)CC[C@@H]1C. The van der Waals surface area contributed by atoms with E-state index >= 15 is 0 Å². The molecule has 0 aliphatic heterocycles. The van der Waals surface area contributed by atoms with Crippen molar-refractivity contribution in [1.82, 2.24) is 0 Å². The van der Waals surface area contributed by atoms with Crippen LogP contribution in [-0.4, -0.2) is 18.4 Å². The van der Waals surface area contributed by atoms with Gasteiger partial charge in [0.25, 0.3) is 0 Å². The van der Waals surface area contributed by atoms with E-state index < -0.39 is 0 Å². The van der Waals surface area contributed by atoms with Crippen molar-refractivity contribution in [3.05, 3.63) is 0 Å². The lowest BCUT2D eigenvalue weighted by Crippen LogP contribution is -2.12. The Morgan fingerprint density at radius 2 is 2.00 bits per heavy atom. The van der Waals surface area contributed by atoms with E-state index in [0.29, 0.717) is 30.6 Å². The minimum atomic E-state index is -0.0860. The van der Waals surface area contributed by atoms with Crippen molar-refractivity contribution in [1.29, 1.82) is 0 Å². The molecule has 0 N–H and O–H groups in total. The highest BCUT2D eigenvalue weighted by atomic mass is 16.5. The second kappa shape index (κ2) is 8.28. The maximum atomic E-state index is 11.6. The van der Waals surface area contributed by atoms with Gasteiger partial charge in [0.2, 0.25) is 0 Å². The predicted octanol–water partition coefficient (Wildman–Crippen LogP) is 3.51. The Morgan fingerprint density at radius 1 is 1.28 bits per heavy atom. The summed E-state index contributed by atoms with van der Waals surface area (Å²) in [5.74, 6) is 1.28. The average Bonchev–Trinajstić information content (AvgIpc) is 2.65. The van der Waals surface area contributed by atoms with Crippen molar-refractivity contribution in [3.63, 3.8) is 0 Å². The van der Waals surface area contributed by atoms with Gasteiger partial charge in [0, 0.05) is 18.8 Å². The Balaban J connectivity index is 1.98. The van der Waals surface area contributed by atoms with Crippen LogP contribution in [0, 0.1) is 11.8 Å². The first-order valence-electron chi connectivity index (χ1n) is 7.33. The van der Waals surface area contributed by atoms with Gasteiger partial charge in [-0.05, 0) is 32.1 Å². The maximum Gasteiger partial charge on any atom is 0.305 e. The summed E-state index contributed by atoms with van der Waals surface area (Å²) in [6, 6.07) is 0. The molecule has 0 heterocycles. The largest absolute Gasteiger partial charge is 0.466 e. The van der Waals surface area contributed by atoms with Gasteiger partial charge in [-0.2, -0.15) is 0 Å². The van der Waals surface area contributed by atoms with Crippen LogP contribution in [-0.2, 0) is 14.3 Å². The zero-order valence-electron chi connectivity index (χ0n) is 11.7. The Hall–Kier alpha value is -0.860. The molecule has 1 aliphatic rings. The van der Waals surface area contributed by atoms with Crippen LogP contribution in [0.1, 0.15) is 65.2 Å². The molecule has 0 spiro atoms. The maximum absolute atomic E-state index is 11.6. The average molecular weight is 254 g/mol. The van der Waals surface area contributed by atoms with Crippen LogP contribution < -0.4 is 0 Å². The number of esters is 1. The third-order valence-corrected chi connectivity index (χ3v) is 3.90. The summed E-state index contributed by atoms with van der Waals surface area (Å²) in [5, 5.41) is 0. The third-order valence-electron chi connectivity index (χ3n) is 3.90. The van der Waals surface area contributed by atoms with E-state index in [2.05, 4.69) is 6.92 Å². The molecule has 0 aromatic carbocycles. The molecule has 1 rings (SSSR count). The van der Waals surface area contributed by atoms with E-state index in [0.717, 1.165) is 44.9 Å². The number of unbranched alkanes of at least 4 members (excludes halogenated alkanes) is 3. The fraction of sp³-hybridized carbons (Fsp3) is 0.867. The van der Waals surface area contributed by atoms with Gasteiger partial charge in [-0.15, -0.1) is 0 Å². The molecule has 0 unspecified atom stereocenters. The van der Waals surface area contributed by atoms with Gasteiger partial charge in [0.1, 0.15) is 5.78 Å². The molecule has 0 saturated heterocycles. The molecule has 1 fully saturated rings. The minimum Gasteiger partial charge on any atom is -0.466 e. The highest BCUT2D eigenvalue weighted by molar-refractivity contribution is 5.83. The summed E-state index contributed by atoms with van der Waals surface area (Å²) in [6.45, 7) is 4.49. The van der Waals surface area contributed by atoms with E-state index in [9.17, 15) is 9.59 Å². The highest BCUT2D eigenvalue weighted by Crippen LogP contribution is 2.32. The Labute approximate surface area is 110 Å². The summed E-state index contributed by atoms with van der Waals surface area (Å²) in [5.41, 5.74) is 0. The van der Waals surface area contributed by atoms with Gasteiger partial charge in [0.15, 0.2) is 0 Å². The number of hydrogen-bond donors (Lipinski definition) is 0. The van der Waals surface area contributed by atoms with Gasteiger partial charge < -0.3 is 4.74 Å². The van der Waals surface area contributed by atoms with Gasteiger partial charge in [-0.25, -0.2) is 0 Å². The van der Waals surface area contributed by atoms with Crippen LogP contribution in [0.2, 0.25) is 0 Å². The first-order valence-corrected chi connectivity index (χ1v) is 7.33. The van der Waals surface area contributed by atoms with Crippen molar-refractivity contribution in [2.24, 2.45) is 11.8 Å². The van der Waals surface area contributed by atoms with Crippen molar-refractivity contribution in [3.8, 4) is 0 Å². The van der Waals surface area contributed by atoms with Crippen molar-refractivity contribution >= 4 is 11.8 Å². The Kier molecular flexibility index (Phi) is 6.99. The van der Waals surface area contributed by atoms with Crippen molar-refractivity contribution < 1.29 is 14.3 Å². The summed E-state index contributed by atoms with van der Waals surface area (Å²) < 4.78 is 4.87. The fourth-order valence-corrected chi connectivity index (χ4v) is 2.74. The monoisotopic (exact) mass is 254 g/mol. The molecule has 0 radical (unpaired) electrons. The number of ether oxygens (including phenoxy) is 1. The van der Waals surface area contributed by atoms with E-state index in [1.54, 1.807) is 0 Å². The smallest absolute Gasteiger partial charge is 0.305 e. The molecule has 2 atom stereocenters. The predicted molar refractivity (Wildman–Crippen MR) is 71.2 cm³/mol. The molecular weight excluding hydrogens is 228 g/mol. The zero-order valence-corrected chi connectivity index (χ0v) is 11.7. The second-order valence-electron chi connectivity index (χ2n) is 5.35. The van der Waals surface area contributed by atoms with Gasteiger partial charge in [-0.1, -0.05) is 26.2 Å². The summed E-state index contributed by atoms with van der Waals surface area (Å²) in [4.78, 5) is 22.7. The van der Waals surface area contributed by atoms with Crippen molar-refractivity contribution in [2.75, 3.05) is 6.61 Å². The van der Waals surface area contributed by atoms with Crippen LogP contribution in [0.4, 0.5) is 0 Å². The van der Waals surface area contributed by atoms with E-state index in [1.165, 1.54) is 0 Å². The quantitative estimate of drug-likeness (QED) is 0.492. The molecule has 3 heteroatoms. The summed E-state index contributed by atoms with van der Waals surface area (Å²) in [7, 11) is 0. The molecule has 18 heavy (non-hydrogen) atoms. The molecule has 0 amide bonds.